The highest BCUT2D eigenvalue weighted by Crippen LogP contribution is 2.30. The summed E-state index contributed by atoms with van der Waals surface area (Å²) >= 11 is 6.52. The first-order valence-corrected chi connectivity index (χ1v) is 11.8. The third-order valence-corrected chi connectivity index (χ3v) is 6.05. The Labute approximate surface area is 201 Å². The Morgan fingerprint density at radius 2 is 1.67 bits per heavy atom. The number of nitrogens with zero attached hydrogens (tertiary/aromatic N) is 2. The zero-order valence-corrected chi connectivity index (χ0v) is 20.9. The van der Waals surface area contributed by atoms with E-state index in [-0.39, 0.29) is 29.8 Å². The van der Waals surface area contributed by atoms with Gasteiger partial charge >= 0.3 is 0 Å². The van der Waals surface area contributed by atoms with Crippen LogP contribution in [0.5, 0.6) is 5.75 Å². The van der Waals surface area contributed by atoms with E-state index in [1.165, 1.54) is 5.56 Å². The number of halogens is 1. The molecule has 0 radical (unpaired) electrons. The van der Waals surface area contributed by atoms with E-state index in [0.717, 1.165) is 18.8 Å². The maximum absolute atomic E-state index is 12.3. The standard InChI is InChI=1S/C26H34ClN3O3/c1-18(2)25(32)30-14-12-29(13-15-30)23-11-8-20(16-22(23)27)28-24(31)17-33-21-9-6-19(7-10-21)26(3,4)5/h6-11,16,18H,12-15,17H2,1-5H3,(H,28,31). The fourth-order valence-electron chi connectivity index (χ4n) is 3.77. The van der Waals surface area contributed by atoms with E-state index in [2.05, 4.69) is 31.0 Å². The lowest BCUT2D eigenvalue weighted by Crippen LogP contribution is -2.50. The fraction of sp³-hybridized carbons (Fsp3) is 0.462. The van der Waals surface area contributed by atoms with Gasteiger partial charge in [-0.15, -0.1) is 0 Å². The van der Waals surface area contributed by atoms with E-state index in [9.17, 15) is 9.59 Å². The Bertz CT molecular complexity index is 975. The van der Waals surface area contributed by atoms with Crippen LogP contribution in [-0.4, -0.2) is 49.5 Å². The minimum atomic E-state index is -0.250. The topological polar surface area (TPSA) is 61.9 Å². The first-order chi connectivity index (χ1) is 15.5. The minimum absolute atomic E-state index is 0.00913. The lowest BCUT2D eigenvalue weighted by Gasteiger charge is -2.37. The highest BCUT2D eigenvalue weighted by Gasteiger charge is 2.24. The van der Waals surface area contributed by atoms with Crippen LogP contribution in [0, 0.1) is 5.92 Å². The molecule has 0 saturated carbocycles. The molecule has 2 amide bonds. The number of anilines is 2. The molecule has 1 N–H and O–H groups in total. The van der Waals surface area contributed by atoms with Gasteiger partial charge in [0.1, 0.15) is 5.75 Å². The Kier molecular flexibility index (Phi) is 7.90. The average molecular weight is 472 g/mol. The summed E-state index contributed by atoms with van der Waals surface area (Å²) < 4.78 is 5.62. The van der Waals surface area contributed by atoms with Crippen molar-refractivity contribution in [2.45, 2.75) is 40.0 Å². The molecule has 0 spiro atoms. The number of carbonyl (C=O) groups is 2. The van der Waals surface area contributed by atoms with Gasteiger partial charge in [-0.05, 0) is 41.3 Å². The molecule has 7 heteroatoms. The predicted molar refractivity (Wildman–Crippen MR) is 134 cm³/mol. The van der Waals surface area contributed by atoms with E-state index < -0.39 is 0 Å². The molecule has 0 aromatic heterocycles. The maximum atomic E-state index is 12.3. The first-order valence-electron chi connectivity index (χ1n) is 11.4. The number of rotatable bonds is 6. The average Bonchev–Trinajstić information content (AvgIpc) is 2.77. The summed E-state index contributed by atoms with van der Waals surface area (Å²) in [6.45, 7) is 13.0. The Morgan fingerprint density at radius 1 is 1.03 bits per heavy atom. The minimum Gasteiger partial charge on any atom is -0.484 e. The van der Waals surface area contributed by atoms with Gasteiger partial charge < -0.3 is 19.9 Å². The maximum Gasteiger partial charge on any atom is 0.262 e. The van der Waals surface area contributed by atoms with Gasteiger partial charge in [0.05, 0.1) is 10.7 Å². The van der Waals surface area contributed by atoms with E-state index in [0.29, 0.717) is 29.5 Å². The van der Waals surface area contributed by atoms with Crippen LogP contribution in [0.2, 0.25) is 5.02 Å². The summed E-state index contributed by atoms with van der Waals surface area (Å²) in [4.78, 5) is 28.6. The molecule has 0 unspecified atom stereocenters. The van der Waals surface area contributed by atoms with Gasteiger partial charge in [-0.25, -0.2) is 0 Å². The normalized spacial score (nSPS) is 14.4. The van der Waals surface area contributed by atoms with Crippen LogP contribution >= 0.6 is 11.6 Å². The number of ether oxygens (including phenoxy) is 1. The summed E-state index contributed by atoms with van der Waals surface area (Å²) in [5.41, 5.74) is 2.80. The van der Waals surface area contributed by atoms with Crippen LogP contribution in [0.15, 0.2) is 42.5 Å². The lowest BCUT2D eigenvalue weighted by molar-refractivity contribution is -0.134. The molecule has 1 heterocycles. The second kappa shape index (κ2) is 10.5. The number of hydrogen-bond acceptors (Lipinski definition) is 4. The molecule has 1 aliphatic heterocycles. The zero-order chi connectivity index (χ0) is 24.2. The molecule has 1 aliphatic rings. The number of benzene rings is 2. The highest BCUT2D eigenvalue weighted by atomic mass is 35.5. The second-order valence-electron chi connectivity index (χ2n) is 9.74. The molecule has 0 atom stereocenters. The van der Waals surface area contributed by atoms with Crippen molar-refractivity contribution < 1.29 is 14.3 Å². The molecule has 3 rings (SSSR count). The Hall–Kier alpha value is -2.73. The van der Waals surface area contributed by atoms with Gasteiger partial charge in [-0.3, -0.25) is 9.59 Å². The van der Waals surface area contributed by atoms with E-state index >= 15 is 0 Å². The van der Waals surface area contributed by atoms with Gasteiger partial charge in [0.25, 0.3) is 5.91 Å². The van der Waals surface area contributed by atoms with Gasteiger partial charge in [0.15, 0.2) is 6.61 Å². The summed E-state index contributed by atoms with van der Waals surface area (Å²) in [7, 11) is 0. The monoisotopic (exact) mass is 471 g/mol. The highest BCUT2D eigenvalue weighted by molar-refractivity contribution is 6.33. The molecule has 2 aromatic carbocycles. The van der Waals surface area contributed by atoms with Crippen LogP contribution in [0.1, 0.15) is 40.2 Å². The molecule has 1 saturated heterocycles. The smallest absolute Gasteiger partial charge is 0.262 e. The summed E-state index contributed by atoms with van der Waals surface area (Å²) in [5, 5.41) is 3.40. The van der Waals surface area contributed by atoms with Crippen molar-refractivity contribution in [3.05, 3.63) is 53.1 Å². The van der Waals surface area contributed by atoms with Crippen LogP contribution in [0.4, 0.5) is 11.4 Å². The molecule has 0 aliphatic carbocycles. The van der Waals surface area contributed by atoms with Crippen molar-refractivity contribution >= 4 is 34.8 Å². The summed E-state index contributed by atoms with van der Waals surface area (Å²) in [6.07, 6.45) is 0. The Morgan fingerprint density at radius 3 is 2.21 bits per heavy atom. The van der Waals surface area contributed by atoms with Crippen LogP contribution in [0.25, 0.3) is 0 Å². The molecular formula is C26H34ClN3O3. The van der Waals surface area contributed by atoms with E-state index in [1.54, 1.807) is 6.07 Å². The van der Waals surface area contributed by atoms with Gasteiger partial charge in [0.2, 0.25) is 5.91 Å². The summed E-state index contributed by atoms with van der Waals surface area (Å²) in [6, 6.07) is 13.3. The van der Waals surface area contributed by atoms with Crippen molar-refractivity contribution in [2.24, 2.45) is 5.92 Å². The van der Waals surface area contributed by atoms with Gasteiger partial charge in [-0.1, -0.05) is 58.4 Å². The Balaban J connectivity index is 1.52. The SMILES string of the molecule is CC(C)C(=O)N1CCN(c2ccc(NC(=O)COc3ccc(C(C)(C)C)cc3)cc2Cl)CC1. The fourth-order valence-corrected chi connectivity index (χ4v) is 4.07. The first kappa shape index (κ1) is 24.9. The van der Waals surface area contributed by atoms with Crippen LogP contribution < -0.4 is 15.0 Å². The molecule has 1 fully saturated rings. The zero-order valence-electron chi connectivity index (χ0n) is 20.2. The number of nitrogens with one attached hydrogen (secondary N) is 1. The van der Waals surface area contributed by atoms with Crippen LogP contribution in [0.3, 0.4) is 0 Å². The third kappa shape index (κ3) is 6.64. The van der Waals surface area contributed by atoms with Crippen LogP contribution in [-0.2, 0) is 15.0 Å². The van der Waals surface area contributed by atoms with Crippen molar-refractivity contribution in [3.8, 4) is 5.75 Å². The third-order valence-electron chi connectivity index (χ3n) is 5.75. The predicted octanol–water partition coefficient (Wildman–Crippen LogP) is 4.96. The molecule has 0 bridgehead atoms. The van der Waals surface area contributed by atoms with Crippen molar-refractivity contribution in [2.75, 3.05) is 43.0 Å². The van der Waals surface area contributed by atoms with E-state index in [1.807, 2.05) is 55.1 Å². The van der Waals surface area contributed by atoms with Crippen molar-refractivity contribution in [3.63, 3.8) is 0 Å². The molecular weight excluding hydrogens is 438 g/mol. The molecule has 6 nitrogen and oxygen atoms in total. The van der Waals surface area contributed by atoms with Crippen molar-refractivity contribution in [1.82, 2.24) is 4.90 Å². The van der Waals surface area contributed by atoms with E-state index in [4.69, 9.17) is 16.3 Å². The lowest BCUT2D eigenvalue weighted by atomic mass is 9.87. The second-order valence-corrected chi connectivity index (χ2v) is 10.2. The largest absolute Gasteiger partial charge is 0.484 e. The number of hydrogen-bond donors (Lipinski definition) is 1. The molecule has 178 valence electrons. The number of amides is 2. The quantitative estimate of drug-likeness (QED) is 0.646. The van der Waals surface area contributed by atoms with Gasteiger partial charge in [0, 0.05) is 37.8 Å². The molecule has 2 aromatic rings. The molecule has 33 heavy (non-hydrogen) atoms. The number of carbonyl (C=O) groups excluding carboxylic acids is 2. The number of piperazine rings is 1. The van der Waals surface area contributed by atoms with Gasteiger partial charge in [-0.2, -0.15) is 0 Å². The summed E-state index contributed by atoms with van der Waals surface area (Å²) in [5.74, 6) is 0.599. The van der Waals surface area contributed by atoms with Crippen molar-refractivity contribution in [1.29, 1.82) is 0 Å².